The highest BCUT2D eigenvalue weighted by atomic mass is 32.2. The van der Waals surface area contributed by atoms with E-state index in [0.29, 0.717) is 32.8 Å². The molecule has 0 atom stereocenters. The molecule has 10 heteroatoms. The van der Waals surface area contributed by atoms with Crippen molar-refractivity contribution in [1.29, 1.82) is 0 Å². The number of ether oxygens (including phenoxy) is 1. The van der Waals surface area contributed by atoms with E-state index in [0.717, 1.165) is 33.2 Å². The zero-order valence-corrected chi connectivity index (χ0v) is 19.3. The first-order valence-corrected chi connectivity index (χ1v) is 12.9. The molecule has 170 valence electrons. The number of fused-ring (bicyclic) bond motifs is 1. The minimum atomic E-state index is -3.63. The molecule has 32 heavy (non-hydrogen) atoms. The van der Waals surface area contributed by atoms with E-state index in [1.807, 2.05) is 25.1 Å². The lowest BCUT2D eigenvalue weighted by Crippen LogP contribution is -2.49. The Hall–Kier alpha value is -2.72. The van der Waals surface area contributed by atoms with Gasteiger partial charge in [-0.1, -0.05) is 17.4 Å². The number of rotatable bonds is 7. The molecule has 1 aliphatic heterocycles. The van der Waals surface area contributed by atoms with Gasteiger partial charge in [-0.05, 0) is 43.3 Å². The van der Waals surface area contributed by atoms with E-state index in [1.165, 1.54) is 12.1 Å². The largest absolute Gasteiger partial charge is 0.492 e. The number of carbonyl (C=O) groups is 1. The summed E-state index contributed by atoms with van der Waals surface area (Å²) < 4.78 is 44.6. The molecule has 1 aromatic heterocycles. The van der Waals surface area contributed by atoms with Crippen LogP contribution in [0, 0.1) is 5.82 Å². The number of carbonyl (C=O) groups excluding carboxylic acids is 1. The number of anilines is 1. The number of benzene rings is 2. The molecule has 1 saturated heterocycles. The number of thiazole rings is 1. The van der Waals surface area contributed by atoms with Crippen molar-refractivity contribution in [1.82, 2.24) is 9.88 Å². The van der Waals surface area contributed by atoms with Crippen LogP contribution in [0.2, 0.25) is 0 Å². The molecule has 4 rings (SSSR count). The van der Waals surface area contributed by atoms with Crippen molar-refractivity contribution in [3.8, 4) is 5.75 Å². The normalized spacial score (nSPS) is 14.7. The summed E-state index contributed by atoms with van der Waals surface area (Å²) >= 11 is 1.59. The van der Waals surface area contributed by atoms with Gasteiger partial charge in [0.1, 0.15) is 17.1 Å². The Kier molecular flexibility index (Phi) is 6.61. The van der Waals surface area contributed by atoms with E-state index in [2.05, 4.69) is 4.90 Å². The SMILES string of the molecule is CCOc1cccc2sc(N3CCN(C(=O)CCS(=O)(=O)c4ccc(F)cc4)CC3)nc12. The smallest absolute Gasteiger partial charge is 0.223 e. The first-order chi connectivity index (χ1) is 15.4. The van der Waals surface area contributed by atoms with Crippen LogP contribution in [0.3, 0.4) is 0 Å². The fourth-order valence-corrected chi connectivity index (χ4v) is 5.87. The number of hydrogen-bond donors (Lipinski definition) is 0. The molecule has 1 aliphatic rings. The van der Waals surface area contributed by atoms with Gasteiger partial charge >= 0.3 is 0 Å². The topological polar surface area (TPSA) is 79.8 Å². The standard InChI is InChI=1S/C22H24FN3O4S2/c1-2-30-18-4-3-5-19-21(18)24-22(31-19)26-13-11-25(12-14-26)20(27)10-15-32(28,29)17-8-6-16(23)7-9-17/h3-9H,2,10-15H2,1H3. The monoisotopic (exact) mass is 477 g/mol. The van der Waals surface area contributed by atoms with Crippen LogP contribution in [0.15, 0.2) is 47.4 Å². The van der Waals surface area contributed by atoms with Crippen LogP contribution >= 0.6 is 11.3 Å². The van der Waals surface area contributed by atoms with Crippen molar-refractivity contribution in [2.75, 3.05) is 43.4 Å². The molecule has 0 bridgehead atoms. The van der Waals surface area contributed by atoms with Crippen LogP contribution in [-0.4, -0.2) is 62.7 Å². The molecule has 0 saturated carbocycles. The number of amides is 1. The van der Waals surface area contributed by atoms with E-state index < -0.39 is 15.7 Å². The quantitative estimate of drug-likeness (QED) is 0.486. The van der Waals surface area contributed by atoms with Crippen molar-refractivity contribution < 1.29 is 22.3 Å². The number of piperazine rings is 1. The number of aromatic nitrogens is 1. The molecule has 1 amide bonds. The molecule has 7 nitrogen and oxygen atoms in total. The molecule has 0 N–H and O–H groups in total. The minimum Gasteiger partial charge on any atom is -0.492 e. The van der Waals surface area contributed by atoms with Gasteiger partial charge in [-0.2, -0.15) is 0 Å². The second-order valence-electron chi connectivity index (χ2n) is 7.42. The molecule has 1 fully saturated rings. The summed E-state index contributed by atoms with van der Waals surface area (Å²) in [4.78, 5) is 21.2. The third kappa shape index (κ3) is 4.86. The average molecular weight is 478 g/mol. The maximum Gasteiger partial charge on any atom is 0.223 e. The summed E-state index contributed by atoms with van der Waals surface area (Å²) in [5, 5.41) is 0.887. The van der Waals surface area contributed by atoms with Gasteiger partial charge in [0.2, 0.25) is 5.91 Å². The summed E-state index contributed by atoms with van der Waals surface area (Å²) in [6.45, 7) is 4.77. The summed E-state index contributed by atoms with van der Waals surface area (Å²) in [6, 6.07) is 10.5. The van der Waals surface area contributed by atoms with Gasteiger partial charge in [0.15, 0.2) is 15.0 Å². The minimum absolute atomic E-state index is 0.0266. The zero-order chi connectivity index (χ0) is 22.7. The Morgan fingerprint density at radius 3 is 2.53 bits per heavy atom. The van der Waals surface area contributed by atoms with Crippen LogP contribution < -0.4 is 9.64 Å². The second-order valence-corrected chi connectivity index (χ2v) is 10.5. The molecule has 3 aromatic rings. The molecular formula is C22H24FN3O4S2. The van der Waals surface area contributed by atoms with Crippen LogP contribution in [0.25, 0.3) is 10.2 Å². The lowest BCUT2D eigenvalue weighted by molar-refractivity contribution is -0.131. The van der Waals surface area contributed by atoms with Gasteiger partial charge < -0.3 is 14.5 Å². The van der Waals surface area contributed by atoms with E-state index in [1.54, 1.807) is 16.2 Å². The Morgan fingerprint density at radius 1 is 1.12 bits per heavy atom. The predicted molar refractivity (Wildman–Crippen MR) is 123 cm³/mol. The second kappa shape index (κ2) is 9.41. The van der Waals surface area contributed by atoms with Gasteiger partial charge in [-0.25, -0.2) is 17.8 Å². The van der Waals surface area contributed by atoms with Crippen LogP contribution in [-0.2, 0) is 14.6 Å². The van der Waals surface area contributed by atoms with Crippen molar-refractivity contribution in [3.05, 3.63) is 48.3 Å². The number of nitrogens with zero attached hydrogens (tertiary/aromatic N) is 3. The van der Waals surface area contributed by atoms with E-state index >= 15 is 0 Å². The zero-order valence-electron chi connectivity index (χ0n) is 17.7. The maximum atomic E-state index is 13.0. The molecule has 0 aliphatic carbocycles. The van der Waals surface area contributed by atoms with Gasteiger partial charge in [-0.3, -0.25) is 4.79 Å². The number of halogens is 1. The van der Waals surface area contributed by atoms with Gasteiger partial charge in [0, 0.05) is 32.6 Å². The summed E-state index contributed by atoms with van der Waals surface area (Å²) in [6.07, 6.45) is -0.0986. The Morgan fingerprint density at radius 2 is 1.84 bits per heavy atom. The first kappa shape index (κ1) is 22.5. The van der Waals surface area contributed by atoms with Gasteiger partial charge in [0.25, 0.3) is 0 Å². The van der Waals surface area contributed by atoms with Gasteiger partial charge in [0.05, 0.1) is 22.0 Å². The number of para-hydroxylation sites is 1. The lowest BCUT2D eigenvalue weighted by atomic mass is 10.3. The molecular weight excluding hydrogens is 453 g/mol. The Labute approximate surface area is 190 Å². The molecule has 0 spiro atoms. The van der Waals surface area contributed by atoms with Gasteiger partial charge in [-0.15, -0.1) is 0 Å². The highest BCUT2D eigenvalue weighted by Gasteiger charge is 2.25. The summed E-state index contributed by atoms with van der Waals surface area (Å²) in [5.74, 6) is -0.225. The van der Waals surface area contributed by atoms with Crippen molar-refractivity contribution >= 4 is 42.4 Å². The molecule has 2 aromatic carbocycles. The Balaban J connectivity index is 1.34. The lowest BCUT2D eigenvalue weighted by Gasteiger charge is -2.34. The number of hydrogen-bond acceptors (Lipinski definition) is 7. The highest BCUT2D eigenvalue weighted by Crippen LogP contribution is 2.34. The third-order valence-electron chi connectivity index (χ3n) is 5.33. The van der Waals surface area contributed by atoms with Crippen LogP contribution in [0.4, 0.5) is 9.52 Å². The van der Waals surface area contributed by atoms with E-state index in [9.17, 15) is 17.6 Å². The van der Waals surface area contributed by atoms with E-state index in [4.69, 9.17) is 9.72 Å². The van der Waals surface area contributed by atoms with Crippen molar-refractivity contribution in [2.45, 2.75) is 18.2 Å². The maximum absolute atomic E-state index is 13.0. The van der Waals surface area contributed by atoms with Crippen molar-refractivity contribution in [3.63, 3.8) is 0 Å². The molecule has 0 unspecified atom stereocenters. The summed E-state index contributed by atoms with van der Waals surface area (Å²) in [7, 11) is -3.63. The Bertz CT molecular complexity index is 1200. The molecule has 0 radical (unpaired) electrons. The average Bonchev–Trinajstić information content (AvgIpc) is 3.24. The van der Waals surface area contributed by atoms with Crippen LogP contribution in [0.1, 0.15) is 13.3 Å². The number of sulfone groups is 1. The molecule has 2 heterocycles. The van der Waals surface area contributed by atoms with Crippen LogP contribution in [0.5, 0.6) is 5.75 Å². The third-order valence-corrected chi connectivity index (χ3v) is 8.14. The fraction of sp³-hybridized carbons (Fsp3) is 0.364. The first-order valence-electron chi connectivity index (χ1n) is 10.4. The van der Waals surface area contributed by atoms with E-state index in [-0.39, 0.29) is 23.0 Å². The van der Waals surface area contributed by atoms with Crippen molar-refractivity contribution in [2.24, 2.45) is 0 Å². The highest BCUT2D eigenvalue weighted by molar-refractivity contribution is 7.91. The summed E-state index contributed by atoms with van der Waals surface area (Å²) in [5.41, 5.74) is 0.846. The fourth-order valence-electron chi connectivity index (χ4n) is 3.61. The predicted octanol–water partition coefficient (Wildman–Crippen LogP) is 3.35.